The Morgan fingerprint density at radius 2 is 1.39 bits per heavy atom. The summed E-state index contributed by atoms with van der Waals surface area (Å²) in [5, 5.41) is 0. The van der Waals surface area contributed by atoms with Crippen LogP contribution in [0.15, 0.2) is 72.8 Å². The highest BCUT2D eigenvalue weighted by atomic mass is 127. The number of hydrogen-bond acceptors (Lipinski definition) is 8. The van der Waals surface area contributed by atoms with Crippen LogP contribution in [0.3, 0.4) is 0 Å². The minimum Gasteiger partial charge on any atom is -0.488 e. The number of alkyl halides is 4. The number of rotatable bonds is 16. The zero-order valence-electron chi connectivity index (χ0n) is 28.1. The summed E-state index contributed by atoms with van der Waals surface area (Å²) in [6.45, 7) is 8.28. The van der Waals surface area contributed by atoms with Crippen molar-refractivity contribution in [3.63, 3.8) is 0 Å². The van der Waals surface area contributed by atoms with Gasteiger partial charge in [0.05, 0.1) is 10.7 Å². The van der Waals surface area contributed by atoms with Gasteiger partial charge >= 0.3 is 11.9 Å². The third kappa shape index (κ3) is 11.8. The summed E-state index contributed by atoms with van der Waals surface area (Å²) in [6.07, 6.45) is 4.48. The molecule has 0 saturated heterocycles. The molecule has 0 aromatic heterocycles. The zero-order chi connectivity index (χ0) is 35.8. The van der Waals surface area contributed by atoms with Crippen LogP contribution in [0, 0.1) is 5.92 Å². The molecule has 1 fully saturated rings. The highest BCUT2D eigenvalue weighted by Crippen LogP contribution is 2.35. The molecule has 49 heavy (non-hydrogen) atoms. The van der Waals surface area contributed by atoms with Crippen molar-refractivity contribution < 1.29 is 33.3 Å². The SMILES string of the molecule is CC(C)C(OCc1cccc(CC(I)(CI)C(=O)Oc2ccc(OC3(C)CCCC3)cc2)c1)Oc1ccc(OC(=O)C(C)(I)C(N)I)cc1. The molecular weight excluding hydrogens is 1080 g/mol. The van der Waals surface area contributed by atoms with Gasteiger partial charge in [0.25, 0.3) is 0 Å². The van der Waals surface area contributed by atoms with Gasteiger partial charge < -0.3 is 29.4 Å². The Labute approximate surface area is 344 Å². The van der Waals surface area contributed by atoms with Crippen LogP contribution in [-0.4, -0.2) is 39.1 Å². The molecule has 12 heteroatoms. The molecule has 1 aliphatic rings. The molecule has 0 heterocycles. The van der Waals surface area contributed by atoms with Gasteiger partial charge in [0.15, 0.2) is 0 Å². The van der Waals surface area contributed by atoms with Crippen molar-refractivity contribution in [1.29, 1.82) is 0 Å². The van der Waals surface area contributed by atoms with Gasteiger partial charge in [-0.1, -0.05) is 128 Å². The van der Waals surface area contributed by atoms with Crippen LogP contribution < -0.4 is 24.7 Å². The smallest absolute Gasteiger partial charge is 0.329 e. The van der Waals surface area contributed by atoms with Crippen molar-refractivity contribution in [3.8, 4) is 23.0 Å². The van der Waals surface area contributed by atoms with Crippen molar-refractivity contribution >= 4 is 102 Å². The van der Waals surface area contributed by atoms with E-state index in [1.165, 1.54) is 12.8 Å². The van der Waals surface area contributed by atoms with Crippen LogP contribution in [0.5, 0.6) is 23.0 Å². The van der Waals surface area contributed by atoms with Gasteiger partial charge in [-0.05, 0) is 106 Å². The second kappa shape index (κ2) is 18.2. The summed E-state index contributed by atoms with van der Waals surface area (Å²) in [5.74, 6) is 1.67. The van der Waals surface area contributed by atoms with Gasteiger partial charge in [0.1, 0.15) is 35.4 Å². The number of esters is 2. The number of carbonyl (C=O) groups excluding carboxylic acids is 2. The summed E-state index contributed by atoms with van der Waals surface area (Å²) in [7, 11) is 0. The number of nitrogens with two attached hydrogens (primary N) is 1. The van der Waals surface area contributed by atoms with E-state index in [0.29, 0.717) is 34.7 Å². The maximum absolute atomic E-state index is 13.4. The van der Waals surface area contributed by atoms with Crippen molar-refractivity contribution in [3.05, 3.63) is 83.9 Å². The van der Waals surface area contributed by atoms with E-state index in [-0.39, 0.29) is 17.5 Å². The summed E-state index contributed by atoms with van der Waals surface area (Å²) in [5.41, 5.74) is 7.79. The lowest BCUT2D eigenvalue weighted by atomic mass is 9.99. The first-order valence-corrected chi connectivity index (χ1v) is 21.1. The Balaban J connectivity index is 1.32. The van der Waals surface area contributed by atoms with E-state index in [2.05, 4.69) is 58.2 Å². The number of carbonyl (C=O) groups is 2. The fourth-order valence-electron chi connectivity index (χ4n) is 5.19. The van der Waals surface area contributed by atoms with Gasteiger partial charge in [-0.25, -0.2) is 0 Å². The maximum atomic E-state index is 13.4. The normalized spacial score (nSPS) is 17.8. The lowest BCUT2D eigenvalue weighted by Crippen LogP contribution is -2.45. The Hall–Kier alpha value is -0.960. The Bertz CT molecular complexity index is 1540. The molecule has 1 aliphatic carbocycles. The Morgan fingerprint density at radius 3 is 1.94 bits per heavy atom. The molecule has 4 atom stereocenters. The molecular formula is C37H43I4NO7. The standard InChI is InChI=1S/C37H43I4NO7/c1-24(2)31(46-27-10-12-28(13-11-27)47-33(43)36(4,40)32(39)42)45-22-26-9-7-8-25(20-26)21-37(41,23-38)34(44)48-29-14-16-30(17-15-29)49-35(3)18-5-6-19-35/h7-17,20,24,31-32H,5-6,18-19,21-23,42H2,1-4H3. The molecule has 3 aromatic carbocycles. The van der Waals surface area contributed by atoms with E-state index in [1.807, 2.05) is 89.4 Å². The van der Waals surface area contributed by atoms with Gasteiger partial charge in [-0.15, -0.1) is 0 Å². The molecule has 3 aromatic rings. The number of benzene rings is 3. The van der Waals surface area contributed by atoms with Crippen LogP contribution in [-0.2, 0) is 27.4 Å². The van der Waals surface area contributed by atoms with Crippen LogP contribution in [0.1, 0.15) is 64.5 Å². The van der Waals surface area contributed by atoms with E-state index < -0.39 is 23.2 Å². The van der Waals surface area contributed by atoms with Gasteiger partial charge in [0, 0.05) is 10.3 Å². The second-order valence-corrected chi connectivity index (χ2v) is 19.5. The van der Waals surface area contributed by atoms with Crippen molar-refractivity contribution in [2.45, 2.75) is 89.2 Å². The summed E-state index contributed by atoms with van der Waals surface area (Å²) < 4.78 is 28.6. The van der Waals surface area contributed by atoms with E-state index in [0.717, 1.165) is 29.7 Å². The van der Waals surface area contributed by atoms with Crippen molar-refractivity contribution in [2.75, 3.05) is 4.43 Å². The molecule has 2 N–H and O–H groups in total. The number of ether oxygens (including phenoxy) is 5. The summed E-state index contributed by atoms with van der Waals surface area (Å²) in [4.78, 5) is 26.0. The number of halogens is 4. The molecule has 0 bridgehead atoms. The third-order valence-electron chi connectivity index (χ3n) is 8.28. The summed E-state index contributed by atoms with van der Waals surface area (Å²) >= 11 is 8.50. The molecule has 266 valence electrons. The predicted molar refractivity (Wildman–Crippen MR) is 226 cm³/mol. The van der Waals surface area contributed by atoms with E-state index in [1.54, 1.807) is 43.3 Å². The first-order valence-electron chi connectivity index (χ1n) is 16.2. The van der Waals surface area contributed by atoms with Gasteiger partial charge in [0.2, 0.25) is 6.29 Å². The molecule has 0 amide bonds. The predicted octanol–water partition coefficient (Wildman–Crippen LogP) is 9.55. The molecule has 0 spiro atoms. The summed E-state index contributed by atoms with van der Waals surface area (Å²) in [6, 6.07) is 22.3. The van der Waals surface area contributed by atoms with E-state index in [4.69, 9.17) is 29.4 Å². The molecule has 0 radical (unpaired) electrons. The zero-order valence-corrected chi connectivity index (χ0v) is 36.7. The monoisotopic (exact) mass is 1120 g/mol. The van der Waals surface area contributed by atoms with Crippen molar-refractivity contribution in [2.24, 2.45) is 11.7 Å². The van der Waals surface area contributed by atoms with Crippen LogP contribution in [0.25, 0.3) is 0 Å². The minimum atomic E-state index is -0.852. The highest BCUT2D eigenvalue weighted by molar-refractivity contribution is 14.1. The highest BCUT2D eigenvalue weighted by Gasteiger charge is 2.38. The van der Waals surface area contributed by atoms with Crippen LogP contribution >= 0.6 is 90.4 Å². The first kappa shape index (κ1) is 40.8. The van der Waals surface area contributed by atoms with E-state index >= 15 is 0 Å². The second-order valence-electron chi connectivity index (χ2n) is 13.1. The molecule has 4 unspecified atom stereocenters. The fourth-order valence-corrected chi connectivity index (χ4v) is 6.69. The largest absolute Gasteiger partial charge is 0.488 e. The van der Waals surface area contributed by atoms with E-state index in [9.17, 15) is 9.59 Å². The number of hydrogen-bond donors (Lipinski definition) is 1. The van der Waals surface area contributed by atoms with Gasteiger partial charge in [-0.2, -0.15) is 0 Å². The molecule has 4 rings (SSSR count). The van der Waals surface area contributed by atoms with Crippen molar-refractivity contribution in [1.82, 2.24) is 0 Å². The lowest BCUT2D eigenvalue weighted by molar-refractivity contribution is -0.136. The Morgan fingerprint density at radius 1 is 0.857 bits per heavy atom. The van der Waals surface area contributed by atoms with Gasteiger partial charge in [-0.3, -0.25) is 9.59 Å². The topological polar surface area (TPSA) is 106 Å². The third-order valence-corrected chi connectivity index (χ3v) is 15.8. The average Bonchev–Trinajstić information content (AvgIpc) is 3.50. The quantitative estimate of drug-likeness (QED) is 0.0378. The first-order chi connectivity index (χ1) is 23.1. The maximum Gasteiger partial charge on any atom is 0.329 e. The lowest BCUT2D eigenvalue weighted by Gasteiger charge is -2.26. The van der Waals surface area contributed by atoms with Crippen LogP contribution in [0.4, 0.5) is 0 Å². The Kier molecular flexibility index (Phi) is 15.1. The molecule has 1 saturated carbocycles. The van der Waals surface area contributed by atoms with Crippen LogP contribution in [0.2, 0.25) is 0 Å². The fraction of sp³-hybridized carbons (Fsp3) is 0.459. The molecule has 8 nitrogen and oxygen atoms in total. The minimum absolute atomic E-state index is 0.0627. The average molecular weight is 1120 g/mol. The molecule has 0 aliphatic heterocycles.